The van der Waals surface area contributed by atoms with Crippen molar-refractivity contribution in [3.8, 4) is 0 Å². The van der Waals surface area contributed by atoms with Gasteiger partial charge >= 0.3 is 0 Å². The number of anilines is 1. The number of hydrogen-bond acceptors (Lipinski definition) is 2. The summed E-state index contributed by atoms with van der Waals surface area (Å²) in [5.74, 6) is 0. The number of nitrogens with zero attached hydrogens (tertiary/aromatic N) is 2. The second kappa shape index (κ2) is 5.35. The zero-order valence-corrected chi connectivity index (χ0v) is 10.4. The van der Waals surface area contributed by atoms with E-state index in [9.17, 15) is 0 Å². The Morgan fingerprint density at radius 2 is 1.62 bits per heavy atom. The Kier molecular flexibility index (Phi) is 3.83. The van der Waals surface area contributed by atoms with Crippen LogP contribution in [0.4, 0.5) is 5.69 Å². The van der Waals surface area contributed by atoms with Gasteiger partial charge in [0.1, 0.15) is 0 Å². The van der Waals surface area contributed by atoms with Gasteiger partial charge in [0.05, 0.1) is 0 Å². The highest BCUT2D eigenvalue weighted by Gasteiger charge is 2.10. The molecule has 1 aromatic rings. The average Bonchev–Trinajstić information content (AvgIpc) is 2.30. The minimum absolute atomic E-state index is 1.03. The Morgan fingerprint density at radius 1 is 1.00 bits per heavy atom. The zero-order valence-electron chi connectivity index (χ0n) is 10.4. The molecule has 88 valence electrons. The predicted molar refractivity (Wildman–Crippen MR) is 69.9 cm³/mol. The van der Waals surface area contributed by atoms with Gasteiger partial charge in [0.25, 0.3) is 0 Å². The maximum Gasteiger partial charge on any atom is 0.0366 e. The van der Waals surface area contributed by atoms with Gasteiger partial charge in [0.15, 0.2) is 0 Å². The molecule has 0 radical (unpaired) electrons. The first-order valence-electron chi connectivity index (χ1n) is 6.24. The van der Waals surface area contributed by atoms with Crippen LogP contribution in [-0.2, 0) is 6.54 Å². The topological polar surface area (TPSA) is 6.48 Å². The monoisotopic (exact) mass is 218 g/mol. The first kappa shape index (κ1) is 11.5. The van der Waals surface area contributed by atoms with Crippen LogP contribution in [0.3, 0.4) is 0 Å². The second-order valence-electron chi connectivity index (χ2n) is 4.95. The number of benzene rings is 1. The molecule has 0 saturated carbocycles. The van der Waals surface area contributed by atoms with Crippen molar-refractivity contribution >= 4 is 5.69 Å². The summed E-state index contributed by atoms with van der Waals surface area (Å²) in [5, 5.41) is 0. The minimum atomic E-state index is 1.03. The lowest BCUT2D eigenvalue weighted by Crippen LogP contribution is -2.29. The maximum absolute atomic E-state index is 2.50. The quantitative estimate of drug-likeness (QED) is 0.769. The van der Waals surface area contributed by atoms with Gasteiger partial charge in [-0.3, -0.25) is 0 Å². The molecule has 1 heterocycles. The molecule has 0 atom stereocenters. The summed E-state index contributed by atoms with van der Waals surface area (Å²) in [7, 11) is 4.22. The molecule has 0 amide bonds. The molecule has 2 heteroatoms. The Balaban J connectivity index is 2.00. The molecule has 2 rings (SSSR count). The zero-order chi connectivity index (χ0) is 11.4. The number of piperidine rings is 1. The van der Waals surface area contributed by atoms with Crippen molar-refractivity contribution in [2.45, 2.75) is 25.8 Å². The highest BCUT2D eigenvalue weighted by Crippen LogP contribution is 2.20. The van der Waals surface area contributed by atoms with Gasteiger partial charge in [-0.15, -0.1) is 0 Å². The van der Waals surface area contributed by atoms with Gasteiger partial charge in [0.2, 0.25) is 0 Å². The van der Waals surface area contributed by atoms with E-state index in [-0.39, 0.29) is 0 Å². The van der Waals surface area contributed by atoms with Crippen molar-refractivity contribution in [3.05, 3.63) is 29.8 Å². The molecule has 0 aliphatic carbocycles. The maximum atomic E-state index is 2.50. The smallest absolute Gasteiger partial charge is 0.0366 e. The van der Waals surface area contributed by atoms with E-state index in [1.54, 1.807) is 0 Å². The molecule has 1 aromatic carbocycles. The van der Waals surface area contributed by atoms with Crippen LogP contribution in [0.5, 0.6) is 0 Å². The third-order valence-corrected chi connectivity index (χ3v) is 3.16. The highest BCUT2D eigenvalue weighted by molar-refractivity contribution is 5.47. The Bertz CT molecular complexity index is 310. The van der Waals surface area contributed by atoms with Gasteiger partial charge in [-0.25, -0.2) is 0 Å². The van der Waals surface area contributed by atoms with Crippen LogP contribution in [0.1, 0.15) is 24.8 Å². The molecule has 0 bridgehead atoms. The normalized spacial score (nSPS) is 16.8. The fourth-order valence-corrected chi connectivity index (χ4v) is 2.33. The van der Waals surface area contributed by atoms with Gasteiger partial charge in [-0.2, -0.15) is 0 Å². The number of hydrogen-bond donors (Lipinski definition) is 0. The van der Waals surface area contributed by atoms with Gasteiger partial charge < -0.3 is 9.80 Å². The van der Waals surface area contributed by atoms with Crippen LogP contribution < -0.4 is 4.90 Å². The minimum Gasteiger partial charge on any atom is -0.372 e. The SMILES string of the molecule is CN(C)Cc1ccc(N2CCCCC2)cc1. The fourth-order valence-electron chi connectivity index (χ4n) is 2.33. The van der Waals surface area contributed by atoms with Crippen LogP contribution >= 0.6 is 0 Å². The molecule has 1 aliphatic heterocycles. The van der Waals surface area contributed by atoms with Crippen molar-refractivity contribution in [2.75, 3.05) is 32.1 Å². The van der Waals surface area contributed by atoms with Gasteiger partial charge in [-0.1, -0.05) is 12.1 Å². The summed E-state index contributed by atoms with van der Waals surface area (Å²) >= 11 is 0. The lowest BCUT2D eigenvalue weighted by molar-refractivity contribution is 0.402. The third-order valence-electron chi connectivity index (χ3n) is 3.16. The van der Waals surface area contributed by atoms with E-state index in [0.29, 0.717) is 0 Å². The predicted octanol–water partition coefficient (Wildman–Crippen LogP) is 2.74. The fraction of sp³-hybridized carbons (Fsp3) is 0.571. The van der Waals surface area contributed by atoms with Crippen LogP contribution in [-0.4, -0.2) is 32.1 Å². The molecule has 0 aromatic heterocycles. The summed E-state index contributed by atoms with van der Waals surface area (Å²) in [5.41, 5.74) is 2.79. The summed E-state index contributed by atoms with van der Waals surface area (Å²) < 4.78 is 0. The Hall–Kier alpha value is -1.02. The summed E-state index contributed by atoms with van der Waals surface area (Å²) in [6.45, 7) is 3.49. The summed E-state index contributed by atoms with van der Waals surface area (Å²) in [4.78, 5) is 4.71. The van der Waals surface area contributed by atoms with Crippen molar-refractivity contribution < 1.29 is 0 Å². The van der Waals surface area contributed by atoms with Crippen LogP contribution in [0.25, 0.3) is 0 Å². The molecule has 0 N–H and O–H groups in total. The largest absolute Gasteiger partial charge is 0.372 e. The van der Waals surface area contributed by atoms with E-state index < -0.39 is 0 Å². The van der Waals surface area contributed by atoms with Crippen molar-refractivity contribution in [1.29, 1.82) is 0 Å². The second-order valence-corrected chi connectivity index (χ2v) is 4.95. The van der Waals surface area contributed by atoms with Crippen LogP contribution in [0.2, 0.25) is 0 Å². The molecule has 1 aliphatic rings. The van der Waals surface area contributed by atoms with E-state index in [0.717, 1.165) is 6.54 Å². The van der Waals surface area contributed by atoms with E-state index >= 15 is 0 Å². The average molecular weight is 218 g/mol. The molecular formula is C14H22N2. The van der Waals surface area contributed by atoms with E-state index in [4.69, 9.17) is 0 Å². The molecule has 1 fully saturated rings. The lowest BCUT2D eigenvalue weighted by atomic mass is 10.1. The van der Waals surface area contributed by atoms with E-state index in [1.807, 2.05) is 0 Å². The first-order chi connectivity index (χ1) is 7.75. The highest BCUT2D eigenvalue weighted by atomic mass is 15.1. The van der Waals surface area contributed by atoms with Crippen molar-refractivity contribution in [2.24, 2.45) is 0 Å². The van der Waals surface area contributed by atoms with Crippen LogP contribution in [0, 0.1) is 0 Å². The molecule has 1 saturated heterocycles. The van der Waals surface area contributed by atoms with E-state index in [1.165, 1.54) is 43.6 Å². The number of rotatable bonds is 3. The molecule has 0 spiro atoms. The molecule has 16 heavy (non-hydrogen) atoms. The third kappa shape index (κ3) is 2.99. The Morgan fingerprint density at radius 3 is 2.19 bits per heavy atom. The van der Waals surface area contributed by atoms with Gasteiger partial charge in [0, 0.05) is 25.3 Å². The molecular weight excluding hydrogens is 196 g/mol. The summed E-state index contributed by atoms with van der Waals surface area (Å²) in [6.07, 6.45) is 4.09. The lowest BCUT2D eigenvalue weighted by Gasteiger charge is -2.29. The van der Waals surface area contributed by atoms with Crippen LogP contribution in [0.15, 0.2) is 24.3 Å². The standard InChI is InChI=1S/C14H22N2/c1-15(2)12-13-6-8-14(9-7-13)16-10-4-3-5-11-16/h6-9H,3-5,10-12H2,1-2H3. The van der Waals surface area contributed by atoms with Crippen molar-refractivity contribution in [3.63, 3.8) is 0 Å². The molecule has 0 unspecified atom stereocenters. The summed E-state index contributed by atoms with van der Waals surface area (Å²) in [6, 6.07) is 9.04. The molecule has 2 nitrogen and oxygen atoms in total. The van der Waals surface area contributed by atoms with Crippen molar-refractivity contribution in [1.82, 2.24) is 4.90 Å². The Labute approximate surface area is 98.9 Å². The first-order valence-corrected chi connectivity index (χ1v) is 6.24. The van der Waals surface area contributed by atoms with Gasteiger partial charge in [-0.05, 0) is 51.1 Å². The van der Waals surface area contributed by atoms with E-state index in [2.05, 4.69) is 48.2 Å².